The fourth-order valence-electron chi connectivity index (χ4n) is 1.68. The minimum absolute atomic E-state index is 0.182. The zero-order valence-corrected chi connectivity index (χ0v) is 8.31. The van der Waals surface area contributed by atoms with Crippen LogP contribution in [0.1, 0.15) is 18.4 Å². The molecule has 0 bridgehead atoms. The SMILES string of the molecule is NCC1(c2cc(Cl)c(O)cc2F)CC1. The Hall–Kier alpha value is -0.800. The van der Waals surface area contributed by atoms with E-state index in [1.807, 2.05) is 0 Å². The van der Waals surface area contributed by atoms with Gasteiger partial charge in [0.05, 0.1) is 5.02 Å². The van der Waals surface area contributed by atoms with Gasteiger partial charge in [-0.1, -0.05) is 11.6 Å². The van der Waals surface area contributed by atoms with Gasteiger partial charge in [0.2, 0.25) is 0 Å². The molecule has 76 valence electrons. The molecule has 0 saturated heterocycles. The third-order valence-corrected chi connectivity index (χ3v) is 3.15. The Bertz CT molecular complexity index is 377. The number of nitrogens with two attached hydrogens (primary N) is 1. The molecule has 0 spiro atoms. The summed E-state index contributed by atoms with van der Waals surface area (Å²) < 4.78 is 13.5. The zero-order valence-electron chi connectivity index (χ0n) is 7.56. The molecule has 0 heterocycles. The van der Waals surface area contributed by atoms with Crippen LogP contribution in [0.15, 0.2) is 12.1 Å². The van der Waals surface area contributed by atoms with Crippen LogP contribution in [-0.4, -0.2) is 11.7 Å². The lowest BCUT2D eigenvalue weighted by molar-refractivity contribution is 0.466. The van der Waals surface area contributed by atoms with Crippen molar-refractivity contribution in [2.45, 2.75) is 18.3 Å². The first-order chi connectivity index (χ1) is 6.59. The van der Waals surface area contributed by atoms with Crippen LogP contribution >= 0.6 is 11.6 Å². The Morgan fingerprint density at radius 3 is 2.64 bits per heavy atom. The maximum Gasteiger partial charge on any atom is 0.137 e. The van der Waals surface area contributed by atoms with Crippen molar-refractivity contribution in [3.8, 4) is 5.75 Å². The quantitative estimate of drug-likeness (QED) is 0.794. The second kappa shape index (κ2) is 3.11. The van der Waals surface area contributed by atoms with E-state index in [1.165, 1.54) is 6.07 Å². The van der Waals surface area contributed by atoms with Crippen LogP contribution in [0.2, 0.25) is 5.02 Å². The van der Waals surface area contributed by atoms with Crippen molar-refractivity contribution in [1.29, 1.82) is 0 Å². The molecular weight excluding hydrogens is 205 g/mol. The molecular formula is C10H11ClFNO. The van der Waals surface area contributed by atoms with Gasteiger partial charge >= 0.3 is 0 Å². The summed E-state index contributed by atoms with van der Waals surface area (Å²) in [5, 5.41) is 9.36. The molecule has 1 saturated carbocycles. The van der Waals surface area contributed by atoms with Crippen LogP contribution in [0, 0.1) is 5.82 Å². The minimum atomic E-state index is -0.421. The number of benzene rings is 1. The maximum absolute atomic E-state index is 13.5. The highest BCUT2D eigenvalue weighted by Crippen LogP contribution is 2.49. The molecule has 0 aromatic heterocycles. The molecule has 2 nitrogen and oxygen atoms in total. The predicted molar refractivity (Wildman–Crippen MR) is 53.0 cm³/mol. The fraction of sp³-hybridized carbons (Fsp3) is 0.400. The summed E-state index contributed by atoms with van der Waals surface area (Å²) >= 11 is 5.72. The van der Waals surface area contributed by atoms with Gasteiger partial charge in [-0.2, -0.15) is 0 Å². The van der Waals surface area contributed by atoms with E-state index in [0.717, 1.165) is 18.9 Å². The molecule has 0 aliphatic heterocycles. The van der Waals surface area contributed by atoms with Gasteiger partial charge in [-0.3, -0.25) is 0 Å². The molecule has 0 atom stereocenters. The largest absolute Gasteiger partial charge is 0.506 e. The van der Waals surface area contributed by atoms with E-state index in [9.17, 15) is 9.50 Å². The second-order valence-corrected chi connectivity index (χ2v) is 4.18. The van der Waals surface area contributed by atoms with Crippen molar-refractivity contribution in [3.63, 3.8) is 0 Å². The van der Waals surface area contributed by atoms with E-state index >= 15 is 0 Å². The predicted octanol–water partition coefficient (Wildman–Crippen LogP) is 2.17. The van der Waals surface area contributed by atoms with Crippen molar-refractivity contribution in [2.24, 2.45) is 5.73 Å². The third kappa shape index (κ3) is 1.37. The highest BCUT2D eigenvalue weighted by molar-refractivity contribution is 6.32. The lowest BCUT2D eigenvalue weighted by Gasteiger charge is -2.14. The first kappa shape index (κ1) is 9.74. The monoisotopic (exact) mass is 215 g/mol. The number of phenols is 1. The number of hydrogen-bond acceptors (Lipinski definition) is 2. The van der Waals surface area contributed by atoms with Crippen molar-refractivity contribution < 1.29 is 9.50 Å². The summed E-state index contributed by atoms with van der Waals surface area (Å²) in [6.07, 6.45) is 1.78. The van der Waals surface area contributed by atoms with Gasteiger partial charge in [-0.05, 0) is 24.5 Å². The first-order valence-electron chi connectivity index (χ1n) is 4.48. The second-order valence-electron chi connectivity index (χ2n) is 3.77. The number of aromatic hydroxyl groups is 1. The van der Waals surface area contributed by atoms with Crippen molar-refractivity contribution >= 4 is 11.6 Å². The van der Waals surface area contributed by atoms with Crippen LogP contribution in [0.4, 0.5) is 4.39 Å². The number of phenolic OH excluding ortho intramolecular Hbond substituents is 1. The Balaban J connectivity index is 2.49. The molecule has 2 rings (SSSR count). The van der Waals surface area contributed by atoms with Gasteiger partial charge in [0.25, 0.3) is 0 Å². The molecule has 3 N–H and O–H groups in total. The topological polar surface area (TPSA) is 46.2 Å². The zero-order chi connectivity index (χ0) is 10.3. The summed E-state index contributed by atoms with van der Waals surface area (Å²) in [4.78, 5) is 0. The molecule has 4 heteroatoms. The Morgan fingerprint density at radius 1 is 1.50 bits per heavy atom. The third-order valence-electron chi connectivity index (χ3n) is 2.85. The van der Waals surface area contributed by atoms with E-state index in [1.54, 1.807) is 0 Å². The fourth-order valence-corrected chi connectivity index (χ4v) is 1.84. The van der Waals surface area contributed by atoms with Gasteiger partial charge in [0.15, 0.2) is 0 Å². The standard InChI is InChI=1S/C10H11ClFNO/c11-7-3-6(8(12)4-9(7)14)10(5-13)1-2-10/h3-4,14H,1-2,5,13H2. The summed E-state index contributed by atoms with van der Waals surface area (Å²) in [5.74, 6) is -0.643. The van der Waals surface area contributed by atoms with E-state index in [4.69, 9.17) is 17.3 Å². The molecule has 1 fully saturated rings. The van der Waals surface area contributed by atoms with Crippen LogP contribution in [0.25, 0.3) is 0 Å². The Kier molecular flexibility index (Phi) is 2.16. The van der Waals surface area contributed by atoms with Gasteiger partial charge in [0, 0.05) is 18.0 Å². The average Bonchev–Trinajstić information content (AvgIpc) is 2.92. The molecule has 1 aromatic carbocycles. The molecule has 0 amide bonds. The van der Waals surface area contributed by atoms with E-state index < -0.39 is 5.82 Å². The Morgan fingerprint density at radius 2 is 2.14 bits per heavy atom. The molecule has 14 heavy (non-hydrogen) atoms. The summed E-state index contributed by atoms with van der Waals surface area (Å²) in [6, 6.07) is 2.53. The van der Waals surface area contributed by atoms with Gasteiger partial charge in [-0.15, -0.1) is 0 Å². The van der Waals surface area contributed by atoms with Crippen molar-refractivity contribution in [1.82, 2.24) is 0 Å². The lowest BCUT2D eigenvalue weighted by Crippen LogP contribution is -2.21. The molecule has 1 aromatic rings. The molecule has 0 unspecified atom stereocenters. The van der Waals surface area contributed by atoms with Crippen molar-refractivity contribution in [2.75, 3.05) is 6.54 Å². The van der Waals surface area contributed by atoms with Gasteiger partial charge in [-0.25, -0.2) is 4.39 Å². The molecule has 1 aliphatic rings. The van der Waals surface area contributed by atoms with Crippen LogP contribution in [-0.2, 0) is 5.41 Å². The van der Waals surface area contributed by atoms with E-state index in [0.29, 0.717) is 12.1 Å². The Labute approximate surface area is 86.5 Å². The van der Waals surface area contributed by atoms with Gasteiger partial charge in [0.1, 0.15) is 11.6 Å². The maximum atomic E-state index is 13.5. The van der Waals surface area contributed by atoms with Crippen LogP contribution < -0.4 is 5.73 Å². The number of halogens is 2. The lowest BCUT2D eigenvalue weighted by atomic mass is 9.95. The summed E-state index contributed by atoms with van der Waals surface area (Å²) in [7, 11) is 0. The highest BCUT2D eigenvalue weighted by Gasteiger charge is 2.45. The molecule has 1 aliphatic carbocycles. The van der Waals surface area contributed by atoms with E-state index in [-0.39, 0.29) is 16.2 Å². The highest BCUT2D eigenvalue weighted by atomic mass is 35.5. The van der Waals surface area contributed by atoms with E-state index in [2.05, 4.69) is 0 Å². The average molecular weight is 216 g/mol. The van der Waals surface area contributed by atoms with Crippen molar-refractivity contribution in [3.05, 3.63) is 28.5 Å². The first-order valence-corrected chi connectivity index (χ1v) is 4.85. The van der Waals surface area contributed by atoms with Gasteiger partial charge < -0.3 is 10.8 Å². The normalized spacial score (nSPS) is 18.2. The molecule has 0 radical (unpaired) electrons. The summed E-state index contributed by atoms with van der Waals surface area (Å²) in [6.45, 7) is 0.422. The number of hydrogen-bond donors (Lipinski definition) is 2. The number of rotatable bonds is 2. The minimum Gasteiger partial charge on any atom is -0.506 e. The smallest absolute Gasteiger partial charge is 0.137 e. The van der Waals surface area contributed by atoms with Crippen LogP contribution in [0.5, 0.6) is 5.75 Å². The summed E-state index contributed by atoms with van der Waals surface area (Å²) in [5.41, 5.74) is 5.88. The van der Waals surface area contributed by atoms with Crippen LogP contribution in [0.3, 0.4) is 0 Å².